The maximum atomic E-state index is 6.28. The topological polar surface area (TPSA) is 29.3 Å². The third-order valence-electron chi connectivity index (χ3n) is 3.23. The van der Waals surface area contributed by atoms with Crippen LogP contribution in [0.1, 0.15) is 35.1 Å². The van der Waals surface area contributed by atoms with E-state index in [2.05, 4.69) is 31.0 Å². The molecule has 0 spiro atoms. The second kappa shape index (κ2) is 4.64. The number of nitrogens with two attached hydrogens (primary N) is 1. The van der Waals surface area contributed by atoms with Crippen LogP contribution in [0.25, 0.3) is 0 Å². The zero-order chi connectivity index (χ0) is 10.8. The maximum absolute atomic E-state index is 6.28. The molecule has 2 N–H and O–H groups in total. The van der Waals surface area contributed by atoms with E-state index in [4.69, 9.17) is 5.73 Å². The van der Waals surface area contributed by atoms with Gasteiger partial charge in [0, 0.05) is 15.8 Å². The summed E-state index contributed by atoms with van der Waals surface area (Å²) < 4.78 is 0. The lowest BCUT2D eigenvalue weighted by atomic mass is 10.0. The van der Waals surface area contributed by atoms with Crippen LogP contribution in [0.5, 0.6) is 0 Å². The Bertz CT molecular complexity index is 309. The largest absolute Gasteiger partial charge is 0.326 e. The quantitative estimate of drug-likeness (QED) is 0.794. The maximum Gasteiger partial charge on any atom is 0.0591 e. The monoisotopic (exact) mass is 224 g/mol. The molecule has 1 aliphatic rings. The van der Waals surface area contributed by atoms with Crippen LogP contribution in [-0.2, 0) is 0 Å². The van der Waals surface area contributed by atoms with E-state index in [1.54, 1.807) is 0 Å². The Morgan fingerprint density at radius 3 is 2.87 bits per heavy atom. The highest BCUT2D eigenvalue weighted by atomic mass is 32.1. The third-order valence-corrected chi connectivity index (χ3v) is 4.30. The molecule has 2 heterocycles. The van der Waals surface area contributed by atoms with Crippen LogP contribution in [0.15, 0.2) is 12.1 Å². The molecule has 0 aromatic carbocycles. The van der Waals surface area contributed by atoms with Crippen molar-refractivity contribution < 1.29 is 0 Å². The fourth-order valence-electron chi connectivity index (χ4n) is 2.41. The van der Waals surface area contributed by atoms with Crippen LogP contribution in [0, 0.1) is 6.92 Å². The molecular formula is C12H20N2S. The van der Waals surface area contributed by atoms with Crippen LogP contribution < -0.4 is 5.73 Å². The summed E-state index contributed by atoms with van der Waals surface area (Å²) in [7, 11) is 2.20. The zero-order valence-corrected chi connectivity index (χ0v) is 10.4. The van der Waals surface area contributed by atoms with E-state index in [9.17, 15) is 0 Å². The number of aryl methyl sites for hydroxylation is 1. The van der Waals surface area contributed by atoms with E-state index in [0.717, 1.165) is 6.42 Å². The number of likely N-dealkylation sites (tertiary alicyclic amines) is 1. The molecule has 0 aliphatic carbocycles. The number of hydrogen-bond acceptors (Lipinski definition) is 3. The van der Waals surface area contributed by atoms with E-state index in [-0.39, 0.29) is 0 Å². The highest BCUT2D eigenvalue weighted by Gasteiger charge is 2.27. The van der Waals surface area contributed by atoms with E-state index >= 15 is 0 Å². The first-order chi connectivity index (χ1) is 7.18. The molecule has 0 radical (unpaired) electrons. The Morgan fingerprint density at radius 1 is 1.40 bits per heavy atom. The molecule has 2 atom stereocenters. The van der Waals surface area contributed by atoms with Crippen LogP contribution in [0.3, 0.4) is 0 Å². The molecule has 15 heavy (non-hydrogen) atoms. The van der Waals surface area contributed by atoms with Crippen molar-refractivity contribution in [1.82, 2.24) is 4.90 Å². The number of rotatable bonds is 1. The summed E-state index contributed by atoms with van der Waals surface area (Å²) in [6.45, 7) is 3.34. The van der Waals surface area contributed by atoms with Crippen molar-refractivity contribution in [1.29, 1.82) is 0 Å². The molecule has 2 rings (SSSR count). The first-order valence-electron chi connectivity index (χ1n) is 5.70. The number of thiophene rings is 1. The molecule has 1 fully saturated rings. The summed E-state index contributed by atoms with van der Waals surface area (Å²) in [5.41, 5.74) is 6.28. The smallest absolute Gasteiger partial charge is 0.0591 e. The van der Waals surface area contributed by atoms with Crippen molar-refractivity contribution in [3.63, 3.8) is 0 Å². The van der Waals surface area contributed by atoms with Crippen molar-refractivity contribution in [3.8, 4) is 0 Å². The molecule has 1 aromatic rings. The highest BCUT2D eigenvalue weighted by molar-refractivity contribution is 7.12. The SMILES string of the molecule is Cc1ccc(C2C(N)CCCCN2C)s1. The molecule has 0 amide bonds. The molecule has 1 aliphatic heterocycles. The number of nitrogens with zero attached hydrogens (tertiary/aromatic N) is 1. The average Bonchev–Trinajstić information content (AvgIpc) is 2.52. The average molecular weight is 224 g/mol. The van der Waals surface area contributed by atoms with Gasteiger partial charge in [-0.15, -0.1) is 11.3 Å². The molecule has 1 aromatic heterocycles. The molecular weight excluding hydrogens is 204 g/mol. The van der Waals surface area contributed by atoms with Crippen molar-refractivity contribution in [2.45, 2.75) is 38.3 Å². The Morgan fingerprint density at radius 2 is 2.20 bits per heavy atom. The lowest BCUT2D eigenvalue weighted by Crippen LogP contribution is -2.37. The minimum atomic E-state index is 0.301. The summed E-state index contributed by atoms with van der Waals surface area (Å²) in [5.74, 6) is 0. The Labute approximate surface area is 96.1 Å². The van der Waals surface area contributed by atoms with Crippen LogP contribution in [0.4, 0.5) is 0 Å². The van der Waals surface area contributed by atoms with Gasteiger partial charge in [0.05, 0.1) is 6.04 Å². The van der Waals surface area contributed by atoms with E-state index in [1.807, 2.05) is 11.3 Å². The number of likely N-dealkylation sites (N-methyl/N-ethyl adjacent to an activating group) is 1. The van der Waals surface area contributed by atoms with Crippen molar-refractivity contribution in [3.05, 3.63) is 21.9 Å². The van der Waals surface area contributed by atoms with Gasteiger partial charge in [0.1, 0.15) is 0 Å². The fraction of sp³-hybridized carbons (Fsp3) is 0.667. The summed E-state index contributed by atoms with van der Waals surface area (Å²) in [5, 5.41) is 0. The summed E-state index contributed by atoms with van der Waals surface area (Å²) in [6.07, 6.45) is 3.71. The van der Waals surface area contributed by atoms with Crippen molar-refractivity contribution in [2.75, 3.05) is 13.6 Å². The van der Waals surface area contributed by atoms with Gasteiger partial charge in [-0.25, -0.2) is 0 Å². The fourth-order valence-corrected chi connectivity index (χ4v) is 3.53. The highest BCUT2D eigenvalue weighted by Crippen LogP contribution is 2.32. The van der Waals surface area contributed by atoms with Crippen LogP contribution in [-0.4, -0.2) is 24.5 Å². The predicted octanol–water partition coefficient (Wildman–Crippen LogP) is 2.54. The minimum absolute atomic E-state index is 0.301. The normalized spacial score (nSPS) is 29.0. The van der Waals surface area contributed by atoms with Crippen LogP contribution >= 0.6 is 11.3 Å². The lowest BCUT2D eigenvalue weighted by Gasteiger charge is -2.29. The molecule has 1 saturated heterocycles. The molecule has 2 nitrogen and oxygen atoms in total. The molecule has 3 heteroatoms. The van der Waals surface area contributed by atoms with Gasteiger partial charge in [0.15, 0.2) is 0 Å². The van der Waals surface area contributed by atoms with Gasteiger partial charge >= 0.3 is 0 Å². The molecule has 2 unspecified atom stereocenters. The van der Waals surface area contributed by atoms with E-state index in [1.165, 1.54) is 29.1 Å². The lowest BCUT2D eigenvalue weighted by molar-refractivity contribution is 0.233. The second-order valence-electron chi connectivity index (χ2n) is 4.53. The zero-order valence-electron chi connectivity index (χ0n) is 9.57. The minimum Gasteiger partial charge on any atom is -0.326 e. The molecule has 0 saturated carbocycles. The summed E-state index contributed by atoms with van der Waals surface area (Å²) in [4.78, 5) is 5.24. The van der Waals surface area contributed by atoms with E-state index < -0.39 is 0 Å². The molecule has 0 bridgehead atoms. The van der Waals surface area contributed by atoms with Crippen molar-refractivity contribution in [2.24, 2.45) is 5.73 Å². The first-order valence-corrected chi connectivity index (χ1v) is 6.52. The Balaban J connectivity index is 2.23. The standard InChI is InChI=1S/C12H20N2S/c1-9-6-7-11(15-9)12-10(13)5-3-4-8-14(12)2/h6-7,10,12H,3-5,8,13H2,1-2H3. The van der Waals surface area contributed by atoms with Gasteiger partial charge in [-0.3, -0.25) is 4.90 Å². The second-order valence-corrected chi connectivity index (χ2v) is 5.85. The van der Waals surface area contributed by atoms with Gasteiger partial charge in [-0.05, 0) is 45.5 Å². The van der Waals surface area contributed by atoms with E-state index in [0.29, 0.717) is 12.1 Å². The number of hydrogen-bond donors (Lipinski definition) is 1. The van der Waals surface area contributed by atoms with Gasteiger partial charge < -0.3 is 5.73 Å². The van der Waals surface area contributed by atoms with Crippen LogP contribution in [0.2, 0.25) is 0 Å². The van der Waals surface area contributed by atoms with Gasteiger partial charge in [-0.1, -0.05) is 6.42 Å². The molecule has 84 valence electrons. The Kier molecular flexibility index (Phi) is 3.44. The van der Waals surface area contributed by atoms with Gasteiger partial charge in [0.2, 0.25) is 0 Å². The summed E-state index contributed by atoms with van der Waals surface area (Å²) >= 11 is 1.89. The predicted molar refractivity (Wildman–Crippen MR) is 66.3 cm³/mol. The van der Waals surface area contributed by atoms with Gasteiger partial charge in [-0.2, -0.15) is 0 Å². The first kappa shape index (κ1) is 11.1. The van der Waals surface area contributed by atoms with Gasteiger partial charge in [0.25, 0.3) is 0 Å². The Hall–Kier alpha value is -0.380. The van der Waals surface area contributed by atoms with Crippen molar-refractivity contribution >= 4 is 11.3 Å². The third kappa shape index (κ3) is 2.41. The summed E-state index contributed by atoms with van der Waals surface area (Å²) in [6, 6.07) is 5.18.